The van der Waals surface area contributed by atoms with Crippen molar-refractivity contribution in [3.05, 3.63) is 29.8 Å². The molecule has 2 aliphatic carbocycles. The Labute approximate surface area is 144 Å². The van der Waals surface area contributed by atoms with Crippen molar-refractivity contribution in [2.75, 3.05) is 11.9 Å². The van der Waals surface area contributed by atoms with Gasteiger partial charge >= 0.3 is 0 Å². The summed E-state index contributed by atoms with van der Waals surface area (Å²) in [5, 5.41) is 2.99. The van der Waals surface area contributed by atoms with Gasteiger partial charge in [0.15, 0.2) is 0 Å². The molecule has 2 saturated carbocycles. The van der Waals surface area contributed by atoms with Crippen molar-refractivity contribution in [3.8, 4) is 0 Å². The van der Waals surface area contributed by atoms with Crippen molar-refractivity contribution in [2.45, 2.75) is 51.2 Å². The summed E-state index contributed by atoms with van der Waals surface area (Å²) in [6.45, 7) is 1.48. The predicted molar refractivity (Wildman–Crippen MR) is 94.6 cm³/mol. The first-order valence-electron chi connectivity index (χ1n) is 8.43. The van der Waals surface area contributed by atoms with Crippen LogP contribution in [-0.2, 0) is 16.1 Å². The average molecular weight is 339 g/mol. The fourth-order valence-electron chi connectivity index (χ4n) is 3.14. The molecule has 23 heavy (non-hydrogen) atoms. The number of rotatable bonds is 7. The van der Waals surface area contributed by atoms with E-state index in [9.17, 15) is 4.79 Å². The van der Waals surface area contributed by atoms with Crippen LogP contribution in [0.3, 0.4) is 0 Å². The van der Waals surface area contributed by atoms with E-state index in [0.717, 1.165) is 43.0 Å². The minimum absolute atomic E-state index is 0. The van der Waals surface area contributed by atoms with Gasteiger partial charge in [-0.1, -0.05) is 18.6 Å². The molecule has 0 bridgehead atoms. The third-order valence-corrected chi connectivity index (χ3v) is 4.70. The fourth-order valence-corrected chi connectivity index (χ4v) is 3.14. The van der Waals surface area contributed by atoms with E-state index in [1.165, 1.54) is 12.8 Å². The lowest BCUT2D eigenvalue weighted by atomic mass is 10.00. The molecular formula is C18H27ClN2O2. The Morgan fingerprint density at radius 1 is 1.26 bits per heavy atom. The van der Waals surface area contributed by atoms with E-state index in [1.54, 1.807) is 0 Å². The van der Waals surface area contributed by atoms with Gasteiger partial charge in [-0.2, -0.15) is 0 Å². The van der Waals surface area contributed by atoms with Crippen LogP contribution in [0.4, 0.5) is 5.69 Å². The van der Waals surface area contributed by atoms with Crippen LogP contribution in [0.2, 0.25) is 0 Å². The fraction of sp³-hybridized carbons (Fsp3) is 0.611. The van der Waals surface area contributed by atoms with Gasteiger partial charge in [0.05, 0.1) is 6.61 Å². The van der Waals surface area contributed by atoms with E-state index in [0.29, 0.717) is 18.9 Å². The Balaban J connectivity index is 0.00000192. The van der Waals surface area contributed by atoms with Crippen LogP contribution in [0.1, 0.15) is 44.1 Å². The van der Waals surface area contributed by atoms with Gasteiger partial charge in [0.1, 0.15) is 0 Å². The molecule has 2 fully saturated rings. The van der Waals surface area contributed by atoms with Crippen molar-refractivity contribution in [3.63, 3.8) is 0 Å². The molecule has 2 aliphatic rings. The molecule has 1 aromatic carbocycles. The number of nitrogens with two attached hydrogens (primary N) is 1. The quantitative estimate of drug-likeness (QED) is 0.799. The number of amides is 1. The molecule has 0 heterocycles. The van der Waals surface area contributed by atoms with Crippen LogP contribution in [0, 0.1) is 11.8 Å². The number of carbonyl (C=O) groups is 1. The molecule has 2 atom stereocenters. The van der Waals surface area contributed by atoms with Crippen molar-refractivity contribution in [2.24, 2.45) is 17.6 Å². The van der Waals surface area contributed by atoms with Crippen LogP contribution >= 0.6 is 12.4 Å². The highest BCUT2D eigenvalue weighted by Crippen LogP contribution is 2.29. The van der Waals surface area contributed by atoms with Crippen LogP contribution in [-0.4, -0.2) is 18.6 Å². The second kappa shape index (κ2) is 8.67. The van der Waals surface area contributed by atoms with E-state index in [2.05, 4.69) is 5.32 Å². The van der Waals surface area contributed by atoms with Crippen LogP contribution in [0.15, 0.2) is 24.3 Å². The second-order valence-electron chi connectivity index (χ2n) is 6.77. The zero-order valence-electron chi connectivity index (χ0n) is 13.5. The number of halogens is 1. The molecule has 0 unspecified atom stereocenters. The minimum atomic E-state index is 0. The van der Waals surface area contributed by atoms with Crippen LogP contribution in [0.5, 0.6) is 0 Å². The van der Waals surface area contributed by atoms with E-state index in [4.69, 9.17) is 10.5 Å². The third-order valence-electron chi connectivity index (χ3n) is 4.70. The summed E-state index contributed by atoms with van der Waals surface area (Å²) in [7, 11) is 0. The van der Waals surface area contributed by atoms with Gasteiger partial charge in [-0.25, -0.2) is 0 Å². The Kier molecular flexibility index (Phi) is 6.88. The van der Waals surface area contributed by atoms with Crippen molar-refractivity contribution in [1.29, 1.82) is 0 Å². The molecule has 3 rings (SSSR count). The summed E-state index contributed by atoms with van der Waals surface area (Å²) < 4.78 is 5.70. The SMILES string of the molecule is Cl.N[C@@H]1CCC[C@H]1CC(=O)Nc1cccc(COCC2CC2)c1. The molecular weight excluding hydrogens is 312 g/mol. The van der Waals surface area contributed by atoms with E-state index < -0.39 is 0 Å². The number of nitrogens with one attached hydrogen (secondary N) is 1. The van der Waals surface area contributed by atoms with Gasteiger partial charge in [0.2, 0.25) is 5.91 Å². The largest absolute Gasteiger partial charge is 0.376 e. The Hall–Kier alpha value is -1.10. The lowest BCUT2D eigenvalue weighted by Crippen LogP contribution is -2.28. The summed E-state index contributed by atoms with van der Waals surface area (Å²) in [4.78, 5) is 12.1. The first kappa shape index (κ1) is 18.2. The zero-order chi connectivity index (χ0) is 15.4. The Morgan fingerprint density at radius 2 is 2.09 bits per heavy atom. The molecule has 0 saturated heterocycles. The summed E-state index contributed by atoms with van der Waals surface area (Å²) in [5.41, 5.74) is 7.99. The monoisotopic (exact) mass is 338 g/mol. The number of ether oxygens (including phenoxy) is 1. The molecule has 3 N–H and O–H groups in total. The maximum absolute atomic E-state index is 12.1. The number of benzene rings is 1. The van der Waals surface area contributed by atoms with Gasteiger partial charge in [0.25, 0.3) is 0 Å². The molecule has 0 aromatic heterocycles. The van der Waals surface area contributed by atoms with Gasteiger partial charge in [-0.05, 0) is 55.2 Å². The van der Waals surface area contributed by atoms with E-state index in [1.807, 2.05) is 24.3 Å². The maximum Gasteiger partial charge on any atom is 0.224 e. The molecule has 1 aromatic rings. The Morgan fingerprint density at radius 3 is 2.78 bits per heavy atom. The lowest BCUT2D eigenvalue weighted by molar-refractivity contribution is -0.117. The number of carbonyl (C=O) groups excluding carboxylic acids is 1. The molecule has 128 valence electrons. The molecule has 0 aliphatic heterocycles. The zero-order valence-corrected chi connectivity index (χ0v) is 14.3. The van der Waals surface area contributed by atoms with Crippen molar-refractivity contribution < 1.29 is 9.53 Å². The van der Waals surface area contributed by atoms with Crippen molar-refractivity contribution in [1.82, 2.24) is 0 Å². The maximum atomic E-state index is 12.1. The topological polar surface area (TPSA) is 64.4 Å². The smallest absolute Gasteiger partial charge is 0.224 e. The normalized spacial score (nSPS) is 23.3. The van der Waals surface area contributed by atoms with E-state index in [-0.39, 0.29) is 24.4 Å². The van der Waals surface area contributed by atoms with Gasteiger partial charge < -0.3 is 15.8 Å². The first-order valence-corrected chi connectivity index (χ1v) is 8.43. The lowest BCUT2D eigenvalue weighted by Gasteiger charge is -2.15. The molecule has 0 spiro atoms. The minimum Gasteiger partial charge on any atom is -0.376 e. The second-order valence-corrected chi connectivity index (χ2v) is 6.77. The number of hydrogen-bond donors (Lipinski definition) is 2. The van der Waals surface area contributed by atoms with Gasteiger partial charge in [-0.15, -0.1) is 12.4 Å². The predicted octanol–water partition coefficient (Wildman–Crippen LogP) is 3.49. The van der Waals surface area contributed by atoms with Crippen molar-refractivity contribution >= 4 is 24.0 Å². The average Bonchev–Trinajstić information content (AvgIpc) is 3.23. The standard InChI is InChI=1S/C18H26N2O2.ClH/c19-17-6-2-4-15(17)10-18(21)20-16-5-1-3-14(9-16)12-22-11-13-7-8-13;/h1,3,5,9,13,15,17H,2,4,6-8,10-12,19H2,(H,20,21);1H/t15-,17+;/m0./s1. The van der Waals surface area contributed by atoms with E-state index >= 15 is 0 Å². The summed E-state index contributed by atoms with van der Waals surface area (Å²) in [5.74, 6) is 1.18. The highest BCUT2D eigenvalue weighted by atomic mass is 35.5. The molecule has 5 heteroatoms. The summed E-state index contributed by atoms with van der Waals surface area (Å²) in [6.07, 6.45) is 6.41. The summed E-state index contributed by atoms with van der Waals surface area (Å²) >= 11 is 0. The highest BCUT2D eigenvalue weighted by Gasteiger charge is 2.26. The number of anilines is 1. The molecule has 4 nitrogen and oxygen atoms in total. The summed E-state index contributed by atoms with van der Waals surface area (Å²) in [6, 6.07) is 8.12. The van der Waals surface area contributed by atoms with Crippen LogP contribution < -0.4 is 11.1 Å². The van der Waals surface area contributed by atoms with Gasteiger partial charge in [-0.3, -0.25) is 4.79 Å². The van der Waals surface area contributed by atoms with Crippen LogP contribution in [0.25, 0.3) is 0 Å². The first-order chi connectivity index (χ1) is 10.7. The third kappa shape index (κ3) is 5.79. The highest BCUT2D eigenvalue weighted by molar-refractivity contribution is 5.91. The molecule has 1 amide bonds. The molecule has 0 radical (unpaired) electrons. The number of hydrogen-bond acceptors (Lipinski definition) is 3. The van der Waals surface area contributed by atoms with Gasteiger partial charge in [0, 0.05) is 24.8 Å². The Bertz CT molecular complexity index is 519.